The summed E-state index contributed by atoms with van der Waals surface area (Å²) in [5.41, 5.74) is 2.81. The first-order chi connectivity index (χ1) is 14.3. The van der Waals surface area contributed by atoms with Gasteiger partial charge in [0.2, 0.25) is 0 Å². The molecule has 0 saturated heterocycles. The van der Waals surface area contributed by atoms with E-state index in [-0.39, 0.29) is 18.8 Å². The molecule has 0 aliphatic carbocycles. The first-order valence-electron chi connectivity index (χ1n) is 8.81. The molecule has 30 heavy (non-hydrogen) atoms. The Labute approximate surface area is 174 Å². The minimum absolute atomic E-state index is 0.0804. The molecule has 0 bridgehead atoms. The number of nitrogens with zero attached hydrogens (tertiary/aromatic N) is 4. The van der Waals surface area contributed by atoms with Gasteiger partial charge in [-0.25, -0.2) is 23.1 Å². The third kappa shape index (κ3) is 5.01. The minimum atomic E-state index is -1.54. The number of hydrogen-bond acceptors (Lipinski definition) is 6. The Balaban J connectivity index is 1.82. The van der Waals surface area contributed by atoms with Crippen LogP contribution in [0.2, 0.25) is 0 Å². The molecule has 156 valence electrons. The van der Waals surface area contributed by atoms with Gasteiger partial charge < -0.3 is 5.32 Å². The fourth-order valence-corrected chi connectivity index (χ4v) is 3.63. The number of rotatable bonds is 7. The molecule has 1 N–H and O–H groups in total. The topological polar surface area (TPSA) is 70.0 Å². The minimum Gasteiger partial charge on any atom is -0.366 e. The number of nitrogens with one attached hydrogen (secondary N) is 1. The van der Waals surface area contributed by atoms with Crippen molar-refractivity contribution in [3.63, 3.8) is 0 Å². The van der Waals surface area contributed by atoms with Crippen molar-refractivity contribution in [1.82, 2.24) is 9.99 Å². The van der Waals surface area contributed by atoms with Crippen LogP contribution in [-0.2, 0) is 11.3 Å². The summed E-state index contributed by atoms with van der Waals surface area (Å²) in [6.07, 6.45) is 0.938. The summed E-state index contributed by atoms with van der Waals surface area (Å²) in [6.45, 7) is 6.99. The van der Waals surface area contributed by atoms with Crippen LogP contribution in [-0.4, -0.2) is 35.5 Å². The monoisotopic (exact) mass is 433 g/mol. The maximum atomic E-state index is 13.5. The lowest BCUT2D eigenvalue weighted by atomic mass is 10.2. The molecule has 10 heteroatoms. The van der Waals surface area contributed by atoms with Gasteiger partial charge in [0.05, 0.1) is 21.8 Å². The first kappa shape index (κ1) is 21.4. The molecule has 1 amide bonds. The highest BCUT2D eigenvalue weighted by molar-refractivity contribution is 7.18. The van der Waals surface area contributed by atoms with Crippen LogP contribution in [0.5, 0.6) is 0 Å². The molecule has 0 aliphatic rings. The number of hydrazone groups is 1. The summed E-state index contributed by atoms with van der Waals surface area (Å²) in [7, 11) is 0. The number of hydrogen-bond donors (Lipinski definition) is 1. The second kappa shape index (κ2) is 9.04. The maximum Gasteiger partial charge on any atom is 0.289 e. The number of aliphatic imine (C=N–C) groups is 1. The lowest BCUT2D eigenvalue weighted by molar-refractivity contribution is -0.111. The number of anilines is 1. The normalized spacial score (nSPS) is 11.2. The van der Waals surface area contributed by atoms with E-state index in [9.17, 15) is 18.0 Å². The van der Waals surface area contributed by atoms with Gasteiger partial charge in [-0.05, 0) is 56.0 Å². The smallest absolute Gasteiger partial charge is 0.289 e. The van der Waals surface area contributed by atoms with Crippen molar-refractivity contribution >= 4 is 46.1 Å². The van der Waals surface area contributed by atoms with E-state index < -0.39 is 23.4 Å². The van der Waals surface area contributed by atoms with Crippen LogP contribution < -0.4 is 5.32 Å². The highest BCUT2D eigenvalue weighted by atomic mass is 32.1. The molecule has 0 radical (unpaired) electrons. The number of thiazole rings is 1. The Bertz CT molecular complexity index is 1120. The molecule has 0 fully saturated rings. The average Bonchev–Trinajstić information content (AvgIpc) is 3.06. The summed E-state index contributed by atoms with van der Waals surface area (Å²) in [5.74, 6) is -4.81. The molecule has 0 saturated carbocycles. The molecule has 1 aromatic heterocycles. The predicted octanol–water partition coefficient (Wildman–Crippen LogP) is 4.42. The van der Waals surface area contributed by atoms with Gasteiger partial charge >= 0.3 is 0 Å². The van der Waals surface area contributed by atoms with Crippen LogP contribution in [0.15, 0.2) is 34.4 Å². The zero-order valence-corrected chi connectivity index (χ0v) is 17.1. The number of amides is 1. The van der Waals surface area contributed by atoms with Crippen LogP contribution in [0.4, 0.5) is 18.9 Å². The molecule has 0 atom stereocenters. The number of fused-ring (bicyclic) bond motifs is 1. The standard InChI is InChI=1S/C20H18F3N5OS/c1-11-4-17-18(30-12(2)27-17)7-16(11)25-10-28(26-8-19(29)24-3)9-13-5-14(21)20(23)15(22)6-13/h4-8,25H,3,9-10H2,1-2H3/b26-8-. The summed E-state index contributed by atoms with van der Waals surface area (Å²) >= 11 is 1.56. The Morgan fingerprint density at radius 3 is 2.60 bits per heavy atom. The summed E-state index contributed by atoms with van der Waals surface area (Å²) in [6, 6.07) is 5.66. The largest absolute Gasteiger partial charge is 0.366 e. The molecular formula is C20H18F3N5OS. The van der Waals surface area contributed by atoms with E-state index >= 15 is 0 Å². The Hall–Kier alpha value is -3.27. The van der Waals surface area contributed by atoms with Crippen molar-refractivity contribution in [3.05, 3.63) is 57.9 Å². The van der Waals surface area contributed by atoms with Gasteiger partial charge in [0.25, 0.3) is 5.91 Å². The molecule has 3 rings (SSSR count). The van der Waals surface area contributed by atoms with Gasteiger partial charge in [-0.15, -0.1) is 11.3 Å². The summed E-state index contributed by atoms with van der Waals surface area (Å²) in [5, 5.41) is 9.49. The summed E-state index contributed by atoms with van der Waals surface area (Å²) in [4.78, 5) is 19.1. The van der Waals surface area contributed by atoms with Crippen molar-refractivity contribution in [3.8, 4) is 0 Å². The van der Waals surface area contributed by atoms with Gasteiger partial charge in [0, 0.05) is 5.69 Å². The van der Waals surface area contributed by atoms with Gasteiger partial charge in [-0.2, -0.15) is 5.10 Å². The van der Waals surface area contributed by atoms with E-state index in [1.165, 1.54) is 5.01 Å². The number of halogens is 3. The van der Waals surface area contributed by atoms with Gasteiger partial charge in [0.15, 0.2) is 17.5 Å². The van der Waals surface area contributed by atoms with Crippen LogP contribution in [0.25, 0.3) is 10.2 Å². The third-order valence-corrected chi connectivity index (χ3v) is 5.12. The van der Waals surface area contributed by atoms with Crippen molar-refractivity contribution in [2.24, 2.45) is 10.1 Å². The highest BCUT2D eigenvalue weighted by Crippen LogP contribution is 2.28. The van der Waals surface area contributed by atoms with E-state index in [1.54, 1.807) is 11.3 Å². The van der Waals surface area contributed by atoms with Crippen molar-refractivity contribution in [1.29, 1.82) is 0 Å². The zero-order chi connectivity index (χ0) is 21.8. The maximum absolute atomic E-state index is 13.5. The quantitative estimate of drug-likeness (QED) is 0.259. The van der Waals surface area contributed by atoms with Crippen molar-refractivity contribution in [2.45, 2.75) is 20.4 Å². The third-order valence-electron chi connectivity index (χ3n) is 4.19. The second-order valence-electron chi connectivity index (χ2n) is 6.48. The number of carbonyl (C=O) groups excluding carboxylic acids is 1. The molecule has 1 heterocycles. The van der Waals surface area contributed by atoms with Crippen LogP contribution in [0.1, 0.15) is 16.1 Å². The molecule has 2 aromatic carbocycles. The Kier molecular flexibility index (Phi) is 6.46. The Morgan fingerprint density at radius 2 is 1.93 bits per heavy atom. The van der Waals surface area contributed by atoms with Crippen molar-refractivity contribution < 1.29 is 18.0 Å². The van der Waals surface area contributed by atoms with E-state index in [0.29, 0.717) is 0 Å². The molecule has 0 spiro atoms. The first-order valence-corrected chi connectivity index (χ1v) is 9.63. The van der Waals surface area contributed by atoms with Crippen LogP contribution in [0.3, 0.4) is 0 Å². The van der Waals surface area contributed by atoms with Gasteiger partial charge in [-0.1, -0.05) is 0 Å². The van der Waals surface area contributed by atoms with Crippen molar-refractivity contribution in [2.75, 3.05) is 12.0 Å². The Morgan fingerprint density at radius 1 is 1.23 bits per heavy atom. The number of aryl methyl sites for hydroxylation is 2. The molecular weight excluding hydrogens is 415 g/mol. The second-order valence-corrected chi connectivity index (χ2v) is 7.72. The van der Waals surface area contributed by atoms with Gasteiger partial charge in [0.1, 0.15) is 12.9 Å². The van der Waals surface area contributed by atoms with E-state index in [2.05, 4.69) is 27.1 Å². The molecule has 0 unspecified atom stereocenters. The fraction of sp³-hybridized carbons (Fsp3) is 0.200. The molecule has 0 aliphatic heterocycles. The van der Waals surface area contributed by atoms with E-state index in [0.717, 1.165) is 44.8 Å². The summed E-state index contributed by atoms with van der Waals surface area (Å²) < 4.78 is 41.3. The zero-order valence-electron chi connectivity index (χ0n) is 16.2. The lowest BCUT2D eigenvalue weighted by Gasteiger charge is -2.21. The number of aromatic nitrogens is 1. The van der Waals surface area contributed by atoms with Gasteiger partial charge in [-0.3, -0.25) is 9.80 Å². The fourth-order valence-electron chi connectivity index (χ4n) is 2.78. The lowest BCUT2D eigenvalue weighted by Crippen LogP contribution is -2.25. The molecule has 3 aromatic rings. The number of benzene rings is 2. The predicted molar refractivity (Wildman–Crippen MR) is 112 cm³/mol. The SMILES string of the molecule is C=NC(=O)/C=N\N(CNc1cc2sc(C)nc2cc1C)Cc1cc(F)c(F)c(F)c1. The van der Waals surface area contributed by atoms with Crippen LogP contribution in [0, 0.1) is 31.3 Å². The highest BCUT2D eigenvalue weighted by Gasteiger charge is 2.13. The average molecular weight is 433 g/mol. The molecule has 6 nitrogen and oxygen atoms in total. The van der Waals surface area contributed by atoms with E-state index in [4.69, 9.17) is 0 Å². The number of carbonyl (C=O) groups is 1. The van der Waals surface area contributed by atoms with Crippen LogP contribution >= 0.6 is 11.3 Å². The van der Waals surface area contributed by atoms with E-state index in [1.807, 2.05) is 26.0 Å².